The second kappa shape index (κ2) is 4.98. The van der Waals surface area contributed by atoms with Crippen molar-refractivity contribution in [3.63, 3.8) is 0 Å². The molecule has 0 radical (unpaired) electrons. The summed E-state index contributed by atoms with van der Waals surface area (Å²) < 4.78 is 0. The molecule has 0 aromatic carbocycles. The maximum atomic E-state index is 8.84. The highest BCUT2D eigenvalue weighted by molar-refractivity contribution is 6.58. The average Bonchev–Trinajstić information content (AvgIpc) is 2.18. The first-order valence-corrected chi connectivity index (χ1v) is 4.72. The number of anilines is 1. The molecule has 76 valence electrons. The van der Waals surface area contributed by atoms with E-state index in [0.29, 0.717) is 11.5 Å². The summed E-state index contributed by atoms with van der Waals surface area (Å²) in [5.41, 5.74) is 0.403. The van der Waals surface area contributed by atoms with Crippen molar-refractivity contribution in [2.24, 2.45) is 0 Å². The fraction of sp³-hybridized carbons (Fsp3) is 0.444. The summed E-state index contributed by atoms with van der Waals surface area (Å²) in [6, 6.07) is 3.75. The summed E-state index contributed by atoms with van der Waals surface area (Å²) in [6.45, 7) is 4.15. The van der Waals surface area contributed by atoms with Gasteiger partial charge in [0.25, 0.3) is 0 Å². The predicted octanol–water partition coefficient (Wildman–Crippen LogP) is -0.0282. The molecule has 1 rings (SSSR count). The molecule has 0 fully saturated rings. The van der Waals surface area contributed by atoms with Gasteiger partial charge in [-0.05, 0) is 19.4 Å². The molecular formula is C9H15BN2O2. The topological polar surface area (TPSA) is 65.4 Å². The van der Waals surface area contributed by atoms with Gasteiger partial charge in [0.2, 0.25) is 0 Å². The van der Waals surface area contributed by atoms with Gasteiger partial charge in [-0.3, -0.25) is 0 Å². The van der Waals surface area contributed by atoms with Crippen LogP contribution < -0.4 is 10.8 Å². The van der Waals surface area contributed by atoms with Crippen molar-refractivity contribution >= 4 is 18.4 Å². The van der Waals surface area contributed by atoms with Gasteiger partial charge in [-0.1, -0.05) is 13.0 Å². The summed E-state index contributed by atoms with van der Waals surface area (Å²) >= 11 is 0. The van der Waals surface area contributed by atoms with Crippen molar-refractivity contribution in [1.29, 1.82) is 0 Å². The fourth-order valence-corrected chi connectivity index (χ4v) is 0.998. The van der Waals surface area contributed by atoms with Gasteiger partial charge in [0.15, 0.2) is 0 Å². The summed E-state index contributed by atoms with van der Waals surface area (Å²) in [5, 5.41) is 20.9. The molecule has 0 saturated carbocycles. The second-order valence-electron chi connectivity index (χ2n) is 3.30. The molecule has 0 saturated heterocycles. The molecule has 0 aliphatic carbocycles. The van der Waals surface area contributed by atoms with E-state index < -0.39 is 7.12 Å². The number of aromatic nitrogens is 1. The van der Waals surface area contributed by atoms with E-state index in [0.717, 1.165) is 12.2 Å². The minimum Gasteiger partial charge on any atom is -0.423 e. The fourth-order valence-electron chi connectivity index (χ4n) is 0.998. The van der Waals surface area contributed by atoms with Gasteiger partial charge in [0.1, 0.15) is 5.82 Å². The first-order chi connectivity index (χ1) is 6.63. The molecule has 1 aromatic rings. The molecule has 0 amide bonds. The van der Waals surface area contributed by atoms with E-state index >= 15 is 0 Å². The molecule has 0 aliphatic heterocycles. The van der Waals surface area contributed by atoms with Crippen LogP contribution in [0.5, 0.6) is 0 Å². The highest BCUT2D eigenvalue weighted by Crippen LogP contribution is 2.03. The van der Waals surface area contributed by atoms with Crippen LogP contribution in [0.2, 0.25) is 0 Å². The monoisotopic (exact) mass is 194 g/mol. The van der Waals surface area contributed by atoms with Gasteiger partial charge >= 0.3 is 7.12 Å². The molecule has 3 N–H and O–H groups in total. The Kier molecular flexibility index (Phi) is 3.91. The van der Waals surface area contributed by atoms with Crippen LogP contribution in [0, 0.1) is 0 Å². The highest BCUT2D eigenvalue weighted by Gasteiger charge is 2.10. The first kappa shape index (κ1) is 11.0. The van der Waals surface area contributed by atoms with Crippen molar-refractivity contribution in [3.05, 3.63) is 18.3 Å². The number of hydrogen-bond acceptors (Lipinski definition) is 4. The SMILES string of the molecule is CCC(C)Nc1ccc(B(O)O)cn1. The van der Waals surface area contributed by atoms with Crippen LogP contribution in [0.25, 0.3) is 0 Å². The number of nitrogens with one attached hydrogen (secondary N) is 1. The summed E-state index contributed by atoms with van der Waals surface area (Å²) in [6.07, 6.45) is 2.47. The lowest BCUT2D eigenvalue weighted by Crippen LogP contribution is -2.30. The van der Waals surface area contributed by atoms with E-state index in [1.807, 2.05) is 0 Å². The third-order valence-electron chi connectivity index (χ3n) is 2.09. The summed E-state index contributed by atoms with van der Waals surface area (Å²) in [7, 11) is -1.44. The highest BCUT2D eigenvalue weighted by atomic mass is 16.4. The maximum absolute atomic E-state index is 8.84. The molecule has 0 bridgehead atoms. The summed E-state index contributed by atoms with van der Waals surface area (Å²) in [5.74, 6) is 0.753. The molecule has 14 heavy (non-hydrogen) atoms. The molecule has 1 aromatic heterocycles. The standard InChI is InChI=1S/C9H15BN2O2/c1-3-7(2)12-9-5-4-8(6-11-9)10(13)14/h4-7,13-14H,3H2,1-2H3,(H,11,12). The largest absolute Gasteiger partial charge is 0.490 e. The molecular weight excluding hydrogens is 179 g/mol. The molecule has 1 unspecified atom stereocenters. The van der Waals surface area contributed by atoms with E-state index in [4.69, 9.17) is 10.0 Å². The van der Waals surface area contributed by atoms with Crippen LogP contribution >= 0.6 is 0 Å². The summed E-state index contributed by atoms with van der Waals surface area (Å²) in [4.78, 5) is 4.06. The Bertz CT molecular complexity index is 277. The predicted molar refractivity (Wildman–Crippen MR) is 57.4 cm³/mol. The van der Waals surface area contributed by atoms with Crippen LogP contribution in [-0.4, -0.2) is 28.2 Å². The zero-order chi connectivity index (χ0) is 10.6. The maximum Gasteiger partial charge on any atom is 0.490 e. The number of nitrogens with zero attached hydrogens (tertiary/aromatic N) is 1. The third-order valence-corrected chi connectivity index (χ3v) is 2.09. The smallest absolute Gasteiger partial charge is 0.423 e. The molecule has 1 atom stereocenters. The normalized spacial score (nSPS) is 12.3. The molecule has 0 spiro atoms. The van der Waals surface area contributed by atoms with Crippen molar-refractivity contribution in [3.8, 4) is 0 Å². The lowest BCUT2D eigenvalue weighted by atomic mass is 9.82. The minimum absolute atomic E-state index is 0.368. The van der Waals surface area contributed by atoms with Gasteiger partial charge in [-0.25, -0.2) is 4.98 Å². The quantitative estimate of drug-likeness (QED) is 0.589. The van der Waals surface area contributed by atoms with E-state index in [2.05, 4.69) is 24.1 Å². The Hall–Kier alpha value is -1.07. The van der Waals surface area contributed by atoms with E-state index in [9.17, 15) is 0 Å². The van der Waals surface area contributed by atoms with E-state index in [1.54, 1.807) is 12.1 Å². The van der Waals surface area contributed by atoms with Crippen LogP contribution in [0.4, 0.5) is 5.82 Å². The number of rotatable bonds is 4. The zero-order valence-electron chi connectivity index (χ0n) is 8.44. The van der Waals surface area contributed by atoms with Crippen LogP contribution in [0.3, 0.4) is 0 Å². The Balaban J connectivity index is 2.64. The molecule has 5 heteroatoms. The van der Waals surface area contributed by atoms with Crippen LogP contribution in [0.1, 0.15) is 20.3 Å². The lowest BCUT2D eigenvalue weighted by Gasteiger charge is -2.11. The second-order valence-corrected chi connectivity index (χ2v) is 3.30. The van der Waals surface area contributed by atoms with Gasteiger partial charge in [-0.2, -0.15) is 0 Å². The number of hydrogen-bond donors (Lipinski definition) is 3. The van der Waals surface area contributed by atoms with Crippen LogP contribution in [-0.2, 0) is 0 Å². The third kappa shape index (κ3) is 3.01. The average molecular weight is 194 g/mol. The van der Waals surface area contributed by atoms with E-state index in [1.165, 1.54) is 6.20 Å². The number of pyridine rings is 1. The Morgan fingerprint density at radius 2 is 2.21 bits per heavy atom. The van der Waals surface area contributed by atoms with Gasteiger partial charge in [0.05, 0.1) is 0 Å². The Morgan fingerprint density at radius 1 is 1.50 bits per heavy atom. The van der Waals surface area contributed by atoms with E-state index in [-0.39, 0.29) is 0 Å². The molecule has 4 nitrogen and oxygen atoms in total. The van der Waals surface area contributed by atoms with Gasteiger partial charge in [0, 0.05) is 17.7 Å². The van der Waals surface area contributed by atoms with Crippen molar-refractivity contribution in [1.82, 2.24) is 4.98 Å². The van der Waals surface area contributed by atoms with Crippen LogP contribution in [0.15, 0.2) is 18.3 Å². The molecule has 0 aliphatic rings. The first-order valence-electron chi connectivity index (χ1n) is 4.72. The Labute approximate surface area is 84.1 Å². The minimum atomic E-state index is -1.44. The lowest BCUT2D eigenvalue weighted by molar-refractivity contribution is 0.425. The van der Waals surface area contributed by atoms with Crippen molar-refractivity contribution in [2.75, 3.05) is 5.32 Å². The Morgan fingerprint density at radius 3 is 2.64 bits per heavy atom. The van der Waals surface area contributed by atoms with Gasteiger partial charge < -0.3 is 15.4 Å². The van der Waals surface area contributed by atoms with Crippen molar-refractivity contribution in [2.45, 2.75) is 26.3 Å². The van der Waals surface area contributed by atoms with Crippen molar-refractivity contribution < 1.29 is 10.0 Å². The van der Waals surface area contributed by atoms with Gasteiger partial charge in [-0.15, -0.1) is 0 Å². The zero-order valence-corrected chi connectivity index (χ0v) is 8.44. The molecule has 1 heterocycles.